The average Bonchev–Trinajstić information content (AvgIpc) is 3.13. The van der Waals surface area contributed by atoms with Crippen LogP contribution in [0.1, 0.15) is 43.6 Å². The van der Waals surface area contributed by atoms with E-state index >= 15 is 0 Å². The summed E-state index contributed by atoms with van der Waals surface area (Å²) in [5.41, 5.74) is 0.106. The summed E-state index contributed by atoms with van der Waals surface area (Å²) in [6.07, 6.45) is 2.79. The summed E-state index contributed by atoms with van der Waals surface area (Å²) in [4.78, 5) is 21.3. The van der Waals surface area contributed by atoms with Gasteiger partial charge < -0.3 is 15.7 Å². The van der Waals surface area contributed by atoms with Crippen molar-refractivity contribution in [2.75, 3.05) is 11.9 Å². The Balaban J connectivity index is 1.93. The molecule has 162 valence electrons. The van der Waals surface area contributed by atoms with Gasteiger partial charge in [-0.25, -0.2) is 14.4 Å². The molecule has 0 saturated heterocycles. The molecule has 0 saturated carbocycles. The molecule has 0 aromatic carbocycles. The van der Waals surface area contributed by atoms with E-state index in [4.69, 9.17) is 5.26 Å². The second kappa shape index (κ2) is 8.65. The van der Waals surface area contributed by atoms with E-state index < -0.39 is 17.7 Å². The Morgan fingerprint density at radius 1 is 1.29 bits per heavy atom. The monoisotopic (exact) mass is 425 g/mol. The van der Waals surface area contributed by atoms with Gasteiger partial charge in [0.05, 0.1) is 35.2 Å². The van der Waals surface area contributed by atoms with E-state index in [1.54, 1.807) is 18.3 Å². The van der Waals surface area contributed by atoms with E-state index in [0.717, 1.165) is 0 Å². The van der Waals surface area contributed by atoms with Gasteiger partial charge in [-0.1, -0.05) is 0 Å². The molecule has 0 fully saturated rings. The zero-order chi connectivity index (χ0) is 22.8. The van der Waals surface area contributed by atoms with Crippen LogP contribution in [0.3, 0.4) is 0 Å². The predicted octanol–water partition coefficient (Wildman–Crippen LogP) is 2.35. The Labute approximate surface area is 178 Å². The minimum Gasteiger partial charge on any atom is -0.387 e. The van der Waals surface area contributed by atoms with Gasteiger partial charge in [0, 0.05) is 29.9 Å². The molecule has 0 spiro atoms. The molecule has 0 radical (unpaired) electrons. The Morgan fingerprint density at radius 3 is 2.68 bits per heavy atom. The number of fused-ring (bicyclic) bond motifs is 1. The first-order valence-corrected chi connectivity index (χ1v) is 9.75. The van der Waals surface area contributed by atoms with Crippen molar-refractivity contribution < 1.29 is 14.3 Å². The van der Waals surface area contributed by atoms with Crippen LogP contribution in [0.5, 0.6) is 0 Å². The number of hydrogen-bond acceptors (Lipinski definition) is 7. The van der Waals surface area contributed by atoms with Crippen LogP contribution in [-0.4, -0.2) is 55.1 Å². The summed E-state index contributed by atoms with van der Waals surface area (Å²) in [6.45, 7) is 6.19. The first-order valence-electron chi connectivity index (χ1n) is 9.75. The largest absolute Gasteiger partial charge is 0.387 e. The fourth-order valence-corrected chi connectivity index (χ4v) is 2.85. The van der Waals surface area contributed by atoms with Crippen LogP contribution in [0.25, 0.3) is 16.9 Å². The summed E-state index contributed by atoms with van der Waals surface area (Å²) in [6, 6.07) is 5.38. The van der Waals surface area contributed by atoms with Crippen LogP contribution < -0.4 is 10.6 Å². The molecule has 3 aromatic heterocycles. The molecule has 3 N–H and O–H groups in total. The van der Waals surface area contributed by atoms with Crippen LogP contribution in [0.2, 0.25) is 0 Å². The van der Waals surface area contributed by atoms with Crippen LogP contribution in [0.15, 0.2) is 30.7 Å². The number of nitriles is 1. The number of aromatic nitrogens is 4. The average molecular weight is 425 g/mol. The lowest BCUT2D eigenvalue weighted by molar-refractivity contribution is -0.00177. The topological polar surface area (TPSA) is 129 Å². The lowest BCUT2D eigenvalue weighted by Gasteiger charge is -2.23. The maximum Gasteiger partial charge on any atom is 0.255 e. The SMILES string of the molecule is CC(C)Nc1cc(-n2ncc3cc(C#N)cnc32)ncc1C(=O)NCC(F)C(C)(C)O. The Kier molecular flexibility index (Phi) is 6.17. The third-order valence-corrected chi connectivity index (χ3v) is 4.54. The molecule has 10 heteroatoms. The molecule has 3 heterocycles. The standard InChI is InChI=1S/C21H24FN7O2/c1-12(2)28-16-6-18(29-19-14(9-27-29)5-13(7-23)8-25-19)24-10-15(16)20(30)26-11-17(22)21(3,4)31/h5-6,8-10,12,17,31H,11H2,1-4H3,(H,24,28)(H,26,30). The smallest absolute Gasteiger partial charge is 0.255 e. The van der Waals surface area contributed by atoms with Crippen molar-refractivity contribution in [2.24, 2.45) is 0 Å². The maximum atomic E-state index is 14.0. The van der Waals surface area contributed by atoms with Gasteiger partial charge in [-0.15, -0.1) is 0 Å². The number of anilines is 1. The predicted molar refractivity (Wildman–Crippen MR) is 114 cm³/mol. The number of rotatable bonds is 7. The molecule has 0 aliphatic rings. The van der Waals surface area contributed by atoms with E-state index in [0.29, 0.717) is 28.1 Å². The molecule has 1 unspecified atom stereocenters. The van der Waals surface area contributed by atoms with E-state index in [9.17, 15) is 14.3 Å². The highest BCUT2D eigenvalue weighted by Gasteiger charge is 2.27. The highest BCUT2D eigenvalue weighted by atomic mass is 19.1. The van der Waals surface area contributed by atoms with Crippen molar-refractivity contribution in [3.05, 3.63) is 41.9 Å². The van der Waals surface area contributed by atoms with Gasteiger partial charge in [-0.2, -0.15) is 15.0 Å². The second-order valence-electron chi connectivity index (χ2n) is 8.02. The molecule has 31 heavy (non-hydrogen) atoms. The fourth-order valence-electron chi connectivity index (χ4n) is 2.85. The number of nitrogens with one attached hydrogen (secondary N) is 2. The second-order valence-corrected chi connectivity index (χ2v) is 8.02. The summed E-state index contributed by atoms with van der Waals surface area (Å²) < 4.78 is 15.5. The van der Waals surface area contributed by atoms with Crippen LogP contribution in [0.4, 0.5) is 10.1 Å². The minimum absolute atomic E-state index is 0.0118. The zero-order valence-electron chi connectivity index (χ0n) is 17.7. The lowest BCUT2D eigenvalue weighted by Crippen LogP contribution is -2.42. The number of hydrogen-bond donors (Lipinski definition) is 3. The zero-order valence-corrected chi connectivity index (χ0v) is 17.7. The number of aliphatic hydroxyl groups is 1. The first kappa shape index (κ1) is 22.1. The van der Waals surface area contributed by atoms with Gasteiger partial charge >= 0.3 is 0 Å². The van der Waals surface area contributed by atoms with E-state index in [2.05, 4.69) is 25.7 Å². The number of nitrogens with zero attached hydrogens (tertiary/aromatic N) is 5. The molecular weight excluding hydrogens is 401 g/mol. The van der Waals surface area contributed by atoms with Gasteiger partial charge in [-0.05, 0) is 33.8 Å². The van der Waals surface area contributed by atoms with E-state index in [-0.39, 0.29) is 18.2 Å². The molecular formula is C21H24FN7O2. The number of carbonyl (C=O) groups excluding carboxylic acids is 1. The Hall–Kier alpha value is -3.58. The molecule has 3 rings (SSSR count). The normalized spacial score (nSPS) is 12.6. The van der Waals surface area contributed by atoms with Crippen molar-refractivity contribution in [1.82, 2.24) is 25.1 Å². The number of pyridine rings is 2. The molecule has 0 bridgehead atoms. The third kappa shape index (κ3) is 4.95. The summed E-state index contributed by atoms with van der Waals surface area (Å²) in [5.74, 6) is -0.0945. The van der Waals surface area contributed by atoms with Gasteiger partial charge in [0.25, 0.3) is 5.91 Å². The summed E-state index contributed by atoms with van der Waals surface area (Å²) in [7, 11) is 0. The minimum atomic E-state index is -1.62. The highest BCUT2D eigenvalue weighted by Crippen LogP contribution is 2.22. The van der Waals surface area contributed by atoms with Crippen molar-refractivity contribution in [1.29, 1.82) is 5.26 Å². The van der Waals surface area contributed by atoms with Gasteiger partial charge in [0.15, 0.2) is 11.5 Å². The van der Waals surface area contributed by atoms with Crippen molar-refractivity contribution in [2.45, 2.75) is 45.5 Å². The summed E-state index contributed by atoms with van der Waals surface area (Å²) in [5, 5.41) is 29.4. The number of carbonyl (C=O) groups is 1. The quantitative estimate of drug-likeness (QED) is 0.530. The number of alkyl halides is 1. The Bertz CT molecular complexity index is 1140. The lowest BCUT2D eigenvalue weighted by atomic mass is 10.0. The molecule has 3 aromatic rings. The highest BCUT2D eigenvalue weighted by molar-refractivity contribution is 5.99. The van der Waals surface area contributed by atoms with E-state index in [1.807, 2.05) is 19.9 Å². The van der Waals surface area contributed by atoms with Gasteiger partial charge in [0.1, 0.15) is 12.2 Å². The maximum absolute atomic E-state index is 14.0. The van der Waals surface area contributed by atoms with Gasteiger partial charge in [-0.3, -0.25) is 4.79 Å². The van der Waals surface area contributed by atoms with Gasteiger partial charge in [0.2, 0.25) is 0 Å². The molecule has 1 atom stereocenters. The van der Waals surface area contributed by atoms with Crippen molar-refractivity contribution in [3.63, 3.8) is 0 Å². The van der Waals surface area contributed by atoms with Crippen LogP contribution >= 0.6 is 0 Å². The third-order valence-electron chi connectivity index (χ3n) is 4.54. The Morgan fingerprint density at radius 2 is 2.03 bits per heavy atom. The van der Waals surface area contributed by atoms with Crippen molar-refractivity contribution >= 4 is 22.6 Å². The molecule has 0 aliphatic heterocycles. The van der Waals surface area contributed by atoms with Crippen LogP contribution in [-0.2, 0) is 0 Å². The molecule has 0 aliphatic carbocycles. The molecule has 1 amide bonds. The number of halogens is 1. The first-order chi connectivity index (χ1) is 14.6. The number of amides is 1. The summed E-state index contributed by atoms with van der Waals surface area (Å²) >= 11 is 0. The molecule has 9 nitrogen and oxygen atoms in total. The fraction of sp³-hybridized carbons (Fsp3) is 0.381. The van der Waals surface area contributed by atoms with Crippen LogP contribution in [0, 0.1) is 11.3 Å². The van der Waals surface area contributed by atoms with E-state index in [1.165, 1.54) is 30.9 Å². The van der Waals surface area contributed by atoms with Crippen molar-refractivity contribution in [3.8, 4) is 11.9 Å².